The highest BCUT2D eigenvalue weighted by Crippen LogP contribution is 2.10. The Hall–Kier alpha value is -1.43. The van der Waals surface area contributed by atoms with E-state index in [1.54, 1.807) is 0 Å². The van der Waals surface area contributed by atoms with Crippen LogP contribution < -0.4 is 0 Å². The van der Waals surface area contributed by atoms with Gasteiger partial charge in [-0.25, -0.2) is 4.79 Å². The van der Waals surface area contributed by atoms with Crippen molar-refractivity contribution in [1.29, 1.82) is 0 Å². The molecule has 1 rings (SSSR count). The zero-order chi connectivity index (χ0) is 12.1. The SMILES string of the molecule is COC(=O)C1COCCN1C(=O)CC(C)=O. The number of morpholine rings is 1. The molecule has 0 aliphatic carbocycles. The van der Waals surface area contributed by atoms with E-state index < -0.39 is 12.0 Å². The number of methoxy groups -OCH3 is 1. The lowest BCUT2D eigenvalue weighted by molar-refractivity contribution is -0.161. The second-order valence-electron chi connectivity index (χ2n) is 3.58. The molecule has 0 saturated carbocycles. The molecule has 90 valence electrons. The third-order valence-electron chi connectivity index (χ3n) is 2.32. The van der Waals surface area contributed by atoms with E-state index in [4.69, 9.17) is 4.74 Å². The molecule has 1 atom stereocenters. The lowest BCUT2D eigenvalue weighted by atomic mass is 10.2. The van der Waals surface area contributed by atoms with Crippen LogP contribution in [0.5, 0.6) is 0 Å². The average Bonchev–Trinajstić information content (AvgIpc) is 2.27. The molecule has 6 heteroatoms. The van der Waals surface area contributed by atoms with E-state index in [1.165, 1.54) is 18.9 Å². The zero-order valence-electron chi connectivity index (χ0n) is 9.39. The molecule has 16 heavy (non-hydrogen) atoms. The Labute approximate surface area is 93.5 Å². The lowest BCUT2D eigenvalue weighted by Gasteiger charge is -2.33. The summed E-state index contributed by atoms with van der Waals surface area (Å²) in [5, 5.41) is 0. The quantitative estimate of drug-likeness (QED) is 0.475. The molecular weight excluding hydrogens is 214 g/mol. The minimum atomic E-state index is -0.731. The monoisotopic (exact) mass is 229 g/mol. The summed E-state index contributed by atoms with van der Waals surface area (Å²) in [6.07, 6.45) is -0.187. The smallest absolute Gasteiger partial charge is 0.331 e. The number of carbonyl (C=O) groups is 3. The summed E-state index contributed by atoms with van der Waals surface area (Å²) in [6.45, 7) is 2.14. The number of rotatable bonds is 3. The van der Waals surface area contributed by atoms with Crippen LogP contribution in [0.2, 0.25) is 0 Å². The van der Waals surface area contributed by atoms with Gasteiger partial charge in [-0.15, -0.1) is 0 Å². The van der Waals surface area contributed by atoms with Gasteiger partial charge in [0.25, 0.3) is 0 Å². The number of Topliss-reactive ketones (excluding diaryl/α,β-unsaturated/α-hetero) is 1. The van der Waals surface area contributed by atoms with Crippen LogP contribution in [-0.2, 0) is 23.9 Å². The van der Waals surface area contributed by atoms with Gasteiger partial charge >= 0.3 is 5.97 Å². The Kier molecular flexibility index (Phi) is 4.42. The molecular formula is C10H15NO5. The highest BCUT2D eigenvalue weighted by molar-refractivity contribution is 5.98. The van der Waals surface area contributed by atoms with Gasteiger partial charge in [0, 0.05) is 6.54 Å². The molecule has 1 aliphatic rings. The molecule has 1 fully saturated rings. The van der Waals surface area contributed by atoms with E-state index in [-0.39, 0.29) is 24.7 Å². The van der Waals surface area contributed by atoms with Gasteiger partial charge in [-0.05, 0) is 6.92 Å². The molecule has 0 radical (unpaired) electrons. The van der Waals surface area contributed by atoms with Gasteiger partial charge in [-0.2, -0.15) is 0 Å². The van der Waals surface area contributed by atoms with Crippen molar-refractivity contribution < 1.29 is 23.9 Å². The Morgan fingerprint density at radius 1 is 1.44 bits per heavy atom. The molecule has 0 bridgehead atoms. The van der Waals surface area contributed by atoms with Gasteiger partial charge in [-0.3, -0.25) is 9.59 Å². The van der Waals surface area contributed by atoms with E-state index >= 15 is 0 Å². The summed E-state index contributed by atoms with van der Waals surface area (Å²) >= 11 is 0. The minimum absolute atomic E-state index is 0.121. The average molecular weight is 229 g/mol. The van der Waals surface area contributed by atoms with Gasteiger partial charge in [0.05, 0.1) is 26.7 Å². The number of hydrogen-bond acceptors (Lipinski definition) is 5. The molecule has 0 aromatic heterocycles. The van der Waals surface area contributed by atoms with Gasteiger partial charge in [0.1, 0.15) is 5.78 Å². The number of ether oxygens (including phenoxy) is 2. The summed E-state index contributed by atoms with van der Waals surface area (Å²) in [7, 11) is 1.25. The Balaban J connectivity index is 2.69. The fraction of sp³-hybridized carbons (Fsp3) is 0.700. The first kappa shape index (κ1) is 12.6. The van der Waals surface area contributed by atoms with Gasteiger partial charge < -0.3 is 14.4 Å². The number of amides is 1. The maximum Gasteiger partial charge on any atom is 0.331 e. The van der Waals surface area contributed by atoms with Crippen LogP contribution in [-0.4, -0.2) is 55.5 Å². The maximum absolute atomic E-state index is 11.7. The normalized spacial score (nSPS) is 20.4. The van der Waals surface area contributed by atoms with Crippen LogP contribution in [0.1, 0.15) is 13.3 Å². The molecule has 1 amide bonds. The van der Waals surface area contributed by atoms with Crippen LogP contribution in [0.3, 0.4) is 0 Å². The topological polar surface area (TPSA) is 72.9 Å². The van der Waals surface area contributed by atoms with E-state index in [2.05, 4.69) is 4.74 Å². The van der Waals surface area contributed by atoms with Gasteiger partial charge in [0.2, 0.25) is 5.91 Å². The van der Waals surface area contributed by atoms with Crippen molar-refractivity contribution in [3.63, 3.8) is 0 Å². The van der Waals surface area contributed by atoms with E-state index in [9.17, 15) is 14.4 Å². The van der Waals surface area contributed by atoms with Crippen LogP contribution in [0.4, 0.5) is 0 Å². The predicted octanol–water partition coefficient (Wildman–Crippen LogP) is -0.634. The molecule has 1 heterocycles. The molecule has 1 aliphatic heterocycles. The Morgan fingerprint density at radius 3 is 2.69 bits per heavy atom. The standard InChI is InChI=1S/C10H15NO5/c1-7(12)5-9(13)11-3-4-16-6-8(11)10(14)15-2/h8H,3-6H2,1-2H3. The number of ketones is 1. The van der Waals surface area contributed by atoms with Crippen LogP contribution in [0.15, 0.2) is 0 Å². The Bertz CT molecular complexity index is 302. The first-order chi connectivity index (χ1) is 7.56. The third-order valence-corrected chi connectivity index (χ3v) is 2.32. The fourth-order valence-corrected chi connectivity index (χ4v) is 1.55. The molecule has 6 nitrogen and oxygen atoms in total. The van der Waals surface area contributed by atoms with Crippen molar-refractivity contribution in [3.05, 3.63) is 0 Å². The summed E-state index contributed by atoms with van der Waals surface area (Å²) in [5.74, 6) is -1.09. The van der Waals surface area contributed by atoms with Crippen molar-refractivity contribution in [2.45, 2.75) is 19.4 Å². The van der Waals surface area contributed by atoms with E-state index in [1.807, 2.05) is 0 Å². The van der Waals surface area contributed by atoms with Gasteiger partial charge in [-0.1, -0.05) is 0 Å². The van der Waals surface area contributed by atoms with Crippen LogP contribution in [0, 0.1) is 0 Å². The first-order valence-corrected chi connectivity index (χ1v) is 5.00. The molecule has 1 unspecified atom stereocenters. The molecule has 0 aromatic carbocycles. The van der Waals surface area contributed by atoms with Gasteiger partial charge in [0.15, 0.2) is 6.04 Å². The lowest BCUT2D eigenvalue weighted by Crippen LogP contribution is -2.53. The number of esters is 1. The first-order valence-electron chi connectivity index (χ1n) is 5.00. The maximum atomic E-state index is 11.7. The number of hydrogen-bond donors (Lipinski definition) is 0. The largest absolute Gasteiger partial charge is 0.467 e. The van der Waals surface area contributed by atoms with Crippen molar-refractivity contribution in [2.24, 2.45) is 0 Å². The van der Waals surface area contributed by atoms with Crippen molar-refractivity contribution >= 4 is 17.7 Å². The van der Waals surface area contributed by atoms with E-state index in [0.717, 1.165) is 0 Å². The minimum Gasteiger partial charge on any atom is -0.467 e. The summed E-state index contributed by atoms with van der Waals surface area (Å²) < 4.78 is 9.69. The molecule has 1 saturated heterocycles. The van der Waals surface area contributed by atoms with E-state index in [0.29, 0.717) is 13.2 Å². The number of carbonyl (C=O) groups excluding carboxylic acids is 3. The summed E-state index contributed by atoms with van der Waals surface area (Å²) in [5.41, 5.74) is 0. The second-order valence-corrected chi connectivity index (χ2v) is 3.58. The Morgan fingerprint density at radius 2 is 2.12 bits per heavy atom. The van der Waals surface area contributed by atoms with Crippen LogP contribution >= 0.6 is 0 Å². The second kappa shape index (κ2) is 5.60. The third kappa shape index (κ3) is 3.03. The summed E-state index contributed by atoms with van der Waals surface area (Å²) in [4.78, 5) is 35.3. The molecule has 0 spiro atoms. The van der Waals surface area contributed by atoms with Crippen molar-refractivity contribution in [2.75, 3.05) is 26.9 Å². The zero-order valence-corrected chi connectivity index (χ0v) is 9.39. The highest BCUT2D eigenvalue weighted by atomic mass is 16.5. The van der Waals surface area contributed by atoms with Crippen LogP contribution in [0.25, 0.3) is 0 Å². The fourth-order valence-electron chi connectivity index (χ4n) is 1.55. The number of nitrogens with zero attached hydrogens (tertiary/aromatic N) is 1. The highest BCUT2D eigenvalue weighted by Gasteiger charge is 2.33. The molecule has 0 aromatic rings. The summed E-state index contributed by atoms with van der Waals surface area (Å²) in [6, 6.07) is -0.731. The predicted molar refractivity (Wildman–Crippen MR) is 53.6 cm³/mol. The van der Waals surface area contributed by atoms with Crippen molar-refractivity contribution in [1.82, 2.24) is 4.90 Å². The van der Waals surface area contributed by atoms with Crippen molar-refractivity contribution in [3.8, 4) is 0 Å². The molecule has 0 N–H and O–H groups in total.